The monoisotopic (exact) mass is 702 g/mol. The first-order valence-corrected chi connectivity index (χ1v) is 16.4. The van der Waals surface area contributed by atoms with E-state index >= 15 is 0 Å². The van der Waals surface area contributed by atoms with Crippen LogP contribution in [0.5, 0.6) is 0 Å². The second kappa shape index (κ2) is 15.5. The van der Waals surface area contributed by atoms with Gasteiger partial charge in [-0.15, -0.1) is 0 Å². The van der Waals surface area contributed by atoms with Crippen molar-refractivity contribution in [2.75, 3.05) is 84.5 Å². The van der Waals surface area contributed by atoms with Gasteiger partial charge >= 0.3 is 0 Å². The van der Waals surface area contributed by atoms with E-state index in [9.17, 15) is 9.59 Å². The lowest BCUT2D eigenvalue weighted by molar-refractivity contribution is -0.106. The highest BCUT2D eigenvalue weighted by Gasteiger charge is 2.21. The van der Waals surface area contributed by atoms with Crippen LogP contribution in [0.2, 0.25) is 0 Å². The van der Waals surface area contributed by atoms with Crippen molar-refractivity contribution in [3.8, 4) is 22.5 Å². The van der Waals surface area contributed by atoms with Gasteiger partial charge < -0.3 is 41.4 Å². The van der Waals surface area contributed by atoms with E-state index in [1.54, 1.807) is 30.6 Å². The first-order valence-electron chi connectivity index (χ1n) is 16.4. The minimum absolute atomic E-state index is 0.165. The van der Waals surface area contributed by atoms with Gasteiger partial charge in [0.15, 0.2) is 34.0 Å². The van der Waals surface area contributed by atoms with E-state index in [1.807, 2.05) is 30.3 Å². The van der Waals surface area contributed by atoms with Crippen LogP contribution in [0.4, 0.5) is 34.9 Å². The highest BCUT2D eigenvalue weighted by atomic mass is 16.5. The number of fused-ring (bicyclic) bond motifs is 2. The molecular weight excluding hydrogens is 668 g/mol. The quantitative estimate of drug-likeness (QED) is 0.166. The second-order valence-corrected chi connectivity index (χ2v) is 11.5. The van der Waals surface area contributed by atoms with Crippen LogP contribution in [0.3, 0.4) is 0 Å². The fourth-order valence-corrected chi connectivity index (χ4v) is 5.73. The molecule has 0 aliphatic carbocycles. The Balaban J connectivity index is 0.000000162. The molecule has 18 heteroatoms. The normalized spacial score (nSPS) is 14.4. The van der Waals surface area contributed by atoms with Gasteiger partial charge in [-0.2, -0.15) is 19.9 Å². The van der Waals surface area contributed by atoms with Crippen molar-refractivity contribution in [2.45, 2.75) is 0 Å². The third-order valence-electron chi connectivity index (χ3n) is 8.22. The van der Waals surface area contributed by atoms with Crippen LogP contribution in [0.15, 0.2) is 60.9 Å². The number of anilines is 6. The summed E-state index contributed by atoms with van der Waals surface area (Å²) < 4.78 is 10.8. The summed E-state index contributed by atoms with van der Waals surface area (Å²) in [5.41, 5.74) is 18.2. The standard InChI is InChI=1S/2C17H17N7O2/c18-17-22-15-14(16(23-17)24-5-7-26-8-6-24)21-13(9-19-15)11-1-3-12(4-2-11)20-10-25;18-17-22-15-14(16(23-17)24-4-6-26-7-5-24)21-13(9-19-15)11-2-1-3-12(8-11)20-10-25/h1-4,9-10H,5-8H2,(H,20,25)(H2,18,19,22,23);1-3,8-10H,4-7H2,(H,20,25)(H2,18,19,22,23). The number of benzene rings is 2. The summed E-state index contributed by atoms with van der Waals surface area (Å²) in [5.74, 6) is 1.67. The summed E-state index contributed by atoms with van der Waals surface area (Å²) in [4.78, 5) is 60.8. The number of hydrogen-bond donors (Lipinski definition) is 4. The summed E-state index contributed by atoms with van der Waals surface area (Å²) in [5, 5.41) is 5.24. The van der Waals surface area contributed by atoms with Gasteiger partial charge in [0.05, 0.1) is 50.2 Å². The molecule has 264 valence electrons. The van der Waals surface area contributed by atoms with Crippen LogP contribution >= 0.6 is 0 Å². The van der Waals surface area contributed by atoms with Gasteiger partial charge in [-0.05, 0) is 24.3 Å². The molecule has 2 aromatic carbocycles. The minimum atomic E-state index is 0.165. The predicted octanol–water partition coefficient (Wildman–Crippen LogP) is 2.15. The van der Waals surface area contributed by atoms with Crippen LogP contribution < -0.4 is 31.9 Å². The number of aromatic nitrogens is 8. The molecule has 2 fully saturated rings. The molecule has 18 nitrogen and oxygen atoms in total. The topological polar surface area (TPSA) is 238 Å². The number of morpholine rings is 2. The van der Waals surface area contributed by atoms with Gasteiger partial charge in [-0.3, -0.25) is 9.59 Å². The van der Waals surface area contributed by atoms with Crippen molar-refractivity contribution in [1.29, 1.82) is 0 Å². The number of nitrogens with zero attached hydrogens (tertiary/aromatic N) is 10. The van der Waals surface area contributed by atoms with E-state index in [1.165, 1.54) is 0 Å². The molecule has 52 heavy (non-hydrogen) atoms. The Morgan fingerprint density at radius 2 is 1.10 bits per heavy atom. The smallest absolute Gasteiger partial charge is 0.224 e. The summed E-state index contributed by atoms with van der Waals surface area (Å²) in [6, 6.07) is 14.7. The van der Waals surface area contributed by atoms with Gasteiger partial charge in [0.2, 0.25) is 24.7 Å². The van der Waals surface area contributed by atoms with Gasteiger partial charge in [0.1, 0.15) is 0 Å². The van der Waals surface area contributed by atoms with Gasteiger partial charge in [-0.25, -0.2) is 19.9 Å². The molecule has 2 amide bonds. The fraction of sp³-hybridized carbons (Fsp3) is 0.235. The SMILES string of the molecule is Nc1nc(N2CCOCC2)c2nc(-c3ccc(NC=O)cc3)cnc2n1.Nc1nc(N2CCOCC2)c2nc(-c3cccc(NC=O)c3)cnc2n1. The van der Waals surface area contributed by atoms with Crippen LogP contribution in [-0.4, -0.2) is 105 Å². The lowest BCUT2D eigenvalue weighted by atomic mass is 10.1. The Bertz CT molecular complexity index is 2210. The van der Waals surface area contributed by atoms with Crippen molar-refractivity contribution in [2.24, 2.45) is 0 Å². The number of amides is 2. The first kappa shape index (κ1) is 33.8. The summed E-state index contributed by atoms with van der Waals surface area (Å²) >= 11 is 0. The van der Waals surface area contributed by atoms with Gasteiger partial charge in [-0.1, -0.05) is 24.3 Å². The van der Waals surface area contributed by atoms with E-state index in [-0.39, 0.29) is 11.9 Å². The number of ether oxygens (including phenoxy) is 2. The average molecular weight is 703 g/mol. The van der Waals surface area contributed by atoms with E-state index in [0.717, 1.165) is 11.1 Å². The molecule has 2 saturated heterocycles. The molecule has 0 saturated carbocycles. The molecule has 0 spiro atoms. The van der Waals surface area contributed by atoms with Crippen molar-refractivity contribution in [3.05, 3.63) is 60.9 Å². The predicted molar refractivity (Wildman–Crippen MR) is 195 cm³/mol. The number of nitrogens with two attached hydrogens (primary N) is 2. The maximum atomic E-state index is 10.7. The number of carbonyl (C=O) groups excluding carboxylic acids is 2. The number of nitrogens with one attached hydrogen (secondary N) is 2. The molecule has 8 rings (SSSR count). The van der Waals surface area contributed by atoms with Crippen LogP contribution in [-0.2, 0) is 19.1 Å². The maximum absolute atomic E-state index is 10.7. The summed E-state index contributed by atoms with van der Waals surface area (Å²) in [6.45, 7) is 5.34. The molecule has 6 heterocycles. The Kier molecular flexibility index (Phi) is 10.1. The molecule has 6 aromatic rings. The lowest BCUT2D eigenvalue weighted by Crippen LogP contribution is -2.37. The third kappa shape index (κ3) is 7.57. The second-order valence-electron chi connectivity index (χ2n) is 11.5. The molecule has 0 bridgehead atoms. The zero-order valence-electron chi connectivity index (χ0n) is 27.8. The first-order chi connectivity index (χ1) is 25.5. The van der Waals surface area contributed by atoms with E-state index in [4.69, 9.17) is 30.9 Å². The molecule has 0 unspecified atom stereocenters. The Morgan fingerprint density at radius 1 is 0.596 bits per heavy atom. The number of rotatable bonds is 8. The Morgan fingerprint density at radius 3 is 1.62 bits per heavy atom. The average Bonchev–Trinajstić information content (AvgIpc) is 3.18. The summed E-state index contributed by atoms with van der Waals surface area (Å²) in [6.07, 6.45) is 4.57. The highest BCUT2D eigenvalue weighted by molar-refractivity contribution is 5.87. The number of hydrogen-bond acceptors (Lipinski definition) is 16. The maximum Gasteiger partial charge on any atom is 0.224 e. The zero-order chi connectivity index (χ0) is 35.9. The molecule has 4 aromatic heterocycles. The van der Waals surface area contributed by atoms with Crippen LogP contribution in [0.25, 0.3) is 44.8 Å². The zero-order valence-corrected chi connectivity index (χ0v) is 27.8. The Labute approximate surface area is 296 Å². The van der Waals surface area contributed by atoms with Crippen molar-refractivity contribution >= 4 is 70.1 Å². The molecule has 2 aliphatic rings. The molecule has 2 aliphatic heterocycles. The number of nitrogen functional groups attached to an aromatic ring is 2. The van der Waals surface area contributed by atoms with E-state index in [0.29, 0.717) is 122 Å². The minimum Gasteiger partial charge on any atom is -0.378 e. The van der Waals surface area contributed by atoms with Crippen LogP contribution in [0.1, 0.15) is 0 Å². The largest absolute Gasteiger partial charge is 0.378 e. The highest BCUT2D eigenvalue weighted by Crippen LogP contribution is 2.28. The molecule has 0 radical (unpaired) electrons. The molecule has 6 N–H and O–H groups in total. The van der Waals surface area contributed by atoms with Crippen molar-refractivity contribution in [1.82, 2.24) is 39.9 Å². The van der Waals surface area contributed by atoms with Gasteiger partial charge in [0.25, 0.3) is 0 Å². The Hall–Kier alpha value is -6.66. The lowest BCUT2D eigenvalue weighted by Gasteiger charge is -2.28. The fourth-order valence-electron chi connectivity index (χ4n) is 5.73. The van der Waals surface area contributed by atoms with E-state index in [2.05, 4.69) is 50.3 Å². The van der Waals surface area contributed by atoms with Crippen molar-refractivity contribution in [3.63, 3.8) is 0 Å². The van der Waals surface area contributed by atoms with Crippen LogP contribution in [0, 0.1) is 0 Å². The van der Waals surface area contributed by atoms with Crippen molar-refractivity contribution < 1.29 is 19.1 Å². The van der Waals surface area contributed by atoms with E-state index < -0.39 is 0 Å². The summed E-state index contributed by atoms with van der Waals surface area (Å²) in [7, 11) is 0. The number of carbonyl (C=O) groups is 2. The third-order valence-corrected chi connectivity index (χ3v) is 8.22. The molecular formula is C34H34N14O4. The van der Waals surface area contributed by atoms with Gasteiger partial charge in [0, 0.05) is 48.7 Å². The molecule has 0 atom stereocenters.